The lowest BCUT2D eigenvalue weighted by molar-refractivity contribution is -0.135. The van der Waals surface area contributed by atoms with Gasteiger partial charge in [0.25, 0.3) is 0 Å². The topological polar surface area (TPSA) is 67.8 Å². The van der Waals surface area contributed by atoms with Crippen molar-refractivity contribution in [2.45, 2.75) is 13.2 Å². The lowest BCUT2D eigenvalue weighted by atomic mass is 10.2. The van der Waals surface area contributed by atoms with Crippen LogP contribution >= 0.6 is 11.6 Å². The highest BCUT2D eigenvalue weighted by Gasteiger charge is 2.12. The summed E-state index contributed by atoms with van der Waals surface area (Å²) in [5.41, 5.74) is 1.09. The summed E-state index contributed by atoms with van der Waals surface area (Å²) < 4.78 is 24.5. The van der Waals surface area contributed by atoms with Gasteiger partial charge < -0.3 is 19.9 Å². The fourth-order valence-corrected chi connectivity index (χ4v) is 2.28. The smallest absolute Gasteiger partial charge is 0.317 e. The molecule has 0 spiro atoms. The van der Waals surface area contributed by atoms with Gasteiger partial charge in [-0.25, -0.2) is 4.39 Å². The molecular weight excluding hydrogens is 337 g/mol. The van der Waals surface area contributed by atoms with Crippen molar-refractivity contribution in [1.29, 1.82) is 0 Å². The molecule has 128 valence electrons. The summed E-state index contributed by atoms with van der Waals surface area (Å²) in [7, 11) is 1.48. The second kappa shape index (κ2) is 8.52. The van der Waals surface area contributed by atoms with Gasteiger partial charge >= 0.3 is 5.97 Å². The number of rotatable bonds is 8. The van der Waals surface area contributed by atoms with E-state index >= 15 is 0 Å². The predicted molar refractivity (Wildman–Crippen MR) is 88.1 cm³/mol. The molecule has 0 saturated heterocycles. The summed E-state index contributed by atoms with van der Waals surface area (Å²) in [6.07, 6.45) is 0. The van der Waals surface area contributed by atoms with Gasteiger partial charge in [0.05, 0.1) is 13.7 Å². The predicted octanol–water partition coefficient (Wildman–Crippen LogP) is 3.24. The Hall–Kier alpha value is -2.31. The largest absolute Gasteiger partial charge is 0.493 e. The molecule has 0 radical (unpaired) electrons. The Morgan fingerprint density at radius 3 is 2.67 bits per heavy atom. The molecule has 0 aliphatic rings. The maximum atomic E-state index is 13.6. The first kappa shape index (κ1) is 18.0. The van der Waals surface area contributed by atoms with Crippen LogP contribution in [-0.2, 0) is 17.9 Å². The van der Waals surface area contributed by atoms with E-state index in [9.17, 15) is 9.18 Å². The first-order valence-corrected chi connectivity index (χ1v) is 7.54. The molecule has 2 N–H and O–H groups in total. The standard InChI is InChI=1S/C17H17ClFNO4/c1-23-15-6-12(8-20-9-17(21)22)13(18)7-16(15)24-10-11-4-2-3-5-14(11)19/h2-7,20H,8-10H2,1H3,(H,21,22). The molecule has 0 heterocycles. The molecule has 0 fully saturated rings. The first-order chi connectivity index (χ1) is 11.5. The van der Waals surface area contributed by atoms with Crippen molar-refractivity contribution in [3.05, 3.63) is 58.4 Å². The average Bonchev–Trinajstić information content (AvgIpc) is 2.55. The fraction of sp³-hybridized carbons (Fsp3) is 0.235. The molecule has 2 aromatic rings. The highest BCUT2D eigenvalue weighted by molar-refractivity contribution is 6.31. The first-order valence-electron chi connectivity index (χ1n) is 7.16. The van der Waals surface area contributed by atoms with Crippen LogP contribution < -0.4 is 14.8 Å². The Morgan fingerprint density at radius 2 is 2.00 bits per heavy atom. The molecule has 0 aliphatic carbocycles. The Kier molecular flexibility index (Phi) is 6.40. The van der Waals surface area contributed by atoms with Crippen molar-refractivity contribution >= 4 is 17.6 Å². The summed E-state index contributed by atoms with van der Waals surface area (Å²) >= 11 is 6.19. The number of aliphatic carboxylic acids is 1. The Bertz CT molecular complexity index is 724. The van der Waals surface area contributed by atoms with E-state index in [1.807, 2.05) is 0 Å². The second-order valence-corrected chi connectivity index (χ2v) is 5.38. The van der Waals surface area contributed by atoms with E-state index in [1.165, 1.54) is 13.2 Å². The summed E-state index contributed by atoms with van der Waals surface area (Å²) in [6.45, 7) is 0.134. The van der Waals surface area contributed by atoms with Crippen molar-refractivity contribution in [2.24, 2.45) is 0 Å². The van der Waals surface area contributed by atoms with Gasteiger partial charge in [-0.3, -0.25) is 4.79 Å². The van der Waals surface area contributed by atoms with Gasteiger partial charge in [-0.2, -0.15) is 0 Å². The van der Waals surface area contributed by atoms with Crippen molar-refractivity contribution in [3.8, 4) is 11.5 Å². The van der Waals surface area contributed by atoms with Crippen LogP contribution in [-0.4, -0.2) is 24.7 Å². The van der Waals surface area contributed by atoms with Crippen molar-refractivity contribution in [1.82, 2.24) is 5.32 Å². The van der Waals surface area contributed by atoms with Crippen LogP contribution in [0.15, 0.2) is 36.4 Å². The van der Waals surface area contributed by atoms with Gasteiger partial charge in [0.15, 0.2) is 11.5 Å². The lowest BCUT2D eigenvalue weighted by Crippen LogP contribution is -2.22. The van der Waals surface area contributed by atoms with E-state index in [-0.39, 0.29) is 25.5 Å². The molecular formula is C17H17ClFNO4. The lowest BCUT2D eigenvalue weighted by Gasteiger charge is -2.14. The summed E-state index contributed by atoms with van der Waals surface area (Å²) in [4.78, 5) is 10.5. The third kappa shape index (κ3) is 4.84. The van der Waals surface area contributed by atoms with E-state index in [2.05, 4.69) is 5.32 Å². The molecule has 24 heavy (non-hydrogen) atoms. The van der Waals surface area contributed by atoms with Crippen LogP contribution in [0.2, 0.25) is 5.02 Å². The number of carboxylic acid groups (broad SMARTS) is 1. The Labute approximate surface area is 144 Å². The number of methoxy groups -OCH3 is 1. The third-order valence-corrected chi connectivity index (χ3v) is 3.62. The number of halogens is 2. The zero-order chi connectivity index (χ0) is 17.5. The van der Waals surface area contributed by atoms with Crippen LogP contribution in [0.3, 0.4) is 0 Å². The molecule has 0 bridgehead atoms. The Morgan fingerprint density at radius 1 is 1.25 bits per heavy atom. The molecule has 0 amide bonds. The van der Waals surface area contributed by atoms with Gasteiger partial charge in [-0.1, -0.05) is 29.8 Å². The molecule has 0 atom stereocenters. The normalized spacial score (nSPS) is 10.5. The van der Waals surface area contributed by atoms with E-state index in [0.29, 0.717) is 27.6 Å². The number of hydrogen-bond acceptors (Lipinski definition) is 4. The van der Waals surface area contributed by atoms with E-state index in [0.717, 1.165) is 0 Å². The molecule has 0 aliphatic heterocycles. The zero-order valence-electron chi connectivity index (χ0n) is 13.0. The second-order valence-electron chi connectivity index (χ2n) is 4.97. The molecule has 2 rings (SSSR count). The van der Waals surface area contributed by atoms with Gasteiger partial charge in [-0.15, -0.1) is 0 Å². The number of ether oxygens (including phenoxy) is 2. The zero-order valence-corrected chi connectivity index (χ0v) is 13.8. The number of carbonyl (C=O) groups is 1. The number of carboxylic acids is 1. The average molecular weight is 354 g/mol. The fourth-order valence-electron chi connectivity index (χ4n) is 2.06. The minimum absolute atomic E-state index is 0.0377. The minimum Gasteiger partial charge on any atom is -0.493 e. The van der Waals surface area contributed by atoms with Crippen LogP contribution in [0.1, 0.15) is 11.1 Å². The summed E-state index contributed by atoms with van der Waals surface area (Å²) in [6, 6.07) is 9.55. The van der Waals surface area contributed by atoms with Crippen molar-refractivity contribution in [3.63, 3.8) is 0 Å². The quantitative estimate of drug-likeness (QED) is 0.762. The van der Waals surface area contributed by atoms with Gasteiger partial charge in [0.1, 0.15) is 12.4 Å². The molecule has 0 aromatic heterocycles. The van der Waals surface area contributed by atoms with Gasteiger partial charge in [0.2, 0.25) is 0 Å². The van der Waals surface area contributed by atoms with Crippen LogP contribution in [0.4, 0.5) is 4.39 Å². The summed E-state index contributed by atoms with van der Waals surface area (Å²) in [5, 5.41) is 11.8. The van der Waals surface area contributed by atoms with Gasteiger partial charge in [-0.05, 0) is 17.7 Å². The Balaban J connectivity index is 2.11. The summed E-state index contributed by atoms with van der Waals surface area (Å²) in [5.74, 6) is -0.490. The van der Waals surface area contributed by atoms with Gasteiger partial charge in [0, 0.05) is 23.2 Å². The molecule has 0 saturated carbocycles. The van der Waals surface area contributed by atoms with Crippen LogP contribution in [0, 0.1) is 5.82 Å². The SMILES string of the molecule is COc1cc(CNCC(=O)O)c(Cl)cc1OCc1ccccc1F. The van der Waals surface area contributed by atoms with Crippen LogP contribution in [0.25, 0.3) is 0 Å². The van der Waals surface area contributed by atoms with E-state index < -0.39 is 5.97 Å². The maximum absolute atomic E-state index is 13.6. The number of hydrogen-bond donors (Lipinski definition) is 2. The molecule has 7 heteroatoms. The number of benzene rings is 2. The highest BCUT2D eigenvalue weighted by Crippen LogP contribution is 2.34. The maximum Gasteiger partial charge on any atom is 0.317 e. The highest BCUT2D eigenvalue weighted by atomic mass is 35.5. The van der Waals surface area contributed by atoms with Crippen molar-refractivity contribution < 1.29 is 23.8 Å². The van der Waals surface area contributed by atoms with E-state index in [1.54, 1.807) is 30.3 Å². The minimum atomic E-state index is -0.956. The van der Waals surface area contributed by atoms with Crippen LogP contribution in [0.5, 0.6) is 11.5 Å². The molecule has 5 nitrogen and oxygen atoms in total. The van der Waals surface area contributed by atoms with E-state index in [4.69, 9.17) is 26.2 Å². The van der Waals surface area contributed by atoms with Crippen molar-refractivity contribution in [2.75, 3.05) is 13.7 Å². The third-order valence-electron chi connectivity index (χ3n) is 3.27. The monoisotopic (exact) mass is 353 g/mol. The molecule has 2 aromatic carbocycles. The number of nitrogens with one attached hydrogen (secondary N) is 1. The molecule has 0 unspecified atom stereocenters.